The number of sulfonamides is 3. The second-order valence-electron chi connectivity index (χ2n) is 26.4. The molecule has 1 fully saturated rings. The number of hydrogen-bond acceptors (Lipinski definition) is 14. The fraction of sp³-hybridized carbons (Fsp3) is 0.348. The fourth-order valence-electron chi connectivity index (χ4n) is 7.17. The first-order chi connectivity index (χ1) is 44.2. The summed E-state index contributed by atoms with van der Waals surface area (Å²) in [5.41, 5.74) is 2.33. The molecule has 0 aliphatic carbocycles. The van der Waals surface area contributed by atoms with Crippen molar-refractivity contribution in [2.45, 2.75) is 171 Å². The number of halogens is 12. The van der Waals surface area contributed by atoms with Gasteiger partial charge in [0.2, 0.25) is 30.1 Å². The van der Waals surface area contributed by atoms with Gasteiger partial charge in [-0.15, -0.1) is 0 Å². The summed E-state index contributed by atoms with van der Waals surface area (Å²) in [5, 5.41) is 8.50. The second-order valence-corrected chi connectivity index (χ2v) is 36.5. The number of aromatic hydroxyl groups is 1. The Labute approximate surface area is 612 Å². The van der Waals surface area contributed by atoms with Crippen LogP contribution in [0.5, 0.6) is 28.7 Å². The number of nitrogens with one attached hydrogen (secondary N) is 3. The molecule has 0 radical (unpaired) electrons. The average molecular weight is 1710 g/mol. The highest BCUT2D eigenvalue weighted by Crippen LogP contribution is 2.39. The Bertz CT molecular complexity index is 4410. The standard InChI is InChI=1S/C22H28BF2NO5S.C16H16BrF2NO3S.C10H13BrFNO2S.C6H3BrClFO2S.C6H4F2O.C4H11N.CH4.CH3/c1-20(2,3)26-32(27,28)15-9-11-18(29-19-10-8-14(24)12-17(19)25)16(13-15)23-30-21(4,5)22(6,7)31-23;1-16(2,3)20-24(21,22)11-5-7-14(12(17)9-11)23-15-6-4-10(18)8-13(15)19;1-10(2,3)13-16(14,15)7-4-5-9(12)8(11)6-7;7-5-3-4(12(8,10)11)1-2-6(5)9;7-4-1-2-6(9)5(8)3-4;1-4(2,3)5;;/h8-13,26H,1-7H3;4-9,20H,1-3H3;4-6,13H,1-3H3;1-3H;1-3,9H;5H2,1-3H3;1H4;1H3/q;;;;;;;-1. The van der Waals surface area contributed by atoms with Gasteiger partial charge < -0.3 is 37.0 Å². The maximum absolute atomic E-state index is 14.2. The van der Waals surface area contributed by atoms with Gasteiger partial charge in [-0.05, 0) is 268 Å². The molecule has 17 nitrogen and oxygen atoms in total. The predicted molar refractivity (Wildman–Crippen MR) is 386 cm³/mol. The van der Waals surface area contributed by atoms with Crippen LogP contribution in [0.1, 0.15) is 118 Å². The molecule has 1 aliphatic heterocycles. The van der Waals surface area contributed by atoms with Crippen LogP contribution in [0.25, 0.3) is 0 Å². The minimum Gasteiger partial charge on any atom is -0.505 e. The van der Waals surface area contributed by atoms with E-state index >= 15 is 0 Å². The molecule has 1 aliphatic rings. The van der Waals surface area contributed by atoms with Crippen molar-refractivity contribution in [1.29, 1.82) is 0 Å². The first-order valence-electron chi connectivity index (χ1n) is 28.7. The Morgan fingerprint density at radius 2 is 0.730 bits per heavy atom. The number of ether oxygens (including phenoxy) is 2. The van der Waals surface area contributed by atoms with Crippen LogP contribution >= 0.6 is 58.5 Å². The van der Waals surface area contributed by atoms with Crippen molar-refractivity contribution in [2.75, 3.05) is 0 Å². The topological polar surface area (TPSA) is 256 Å². The van der Waals surface area contributed by atoms with Gasteiger partial charge in [0, 0.05) is 56.5 Å². The number of nitrogens with two attached hydrogens (primary N) is 1. The van der Waals surface area contributed by atoms with Gasteiger partial charge in [-0.2, -0.15) is 0 Å². The van der Waals surface area contributed by atoms with E-state index in [2.05, 4.69) is 62.0 Å². The molecule has 100 heavy (non-hydrogen) atoms. The average Bonchev–Trinajstić information content (AvgIpc) is 1.57. The third-order valence-corrected chi connectivity index (χ3v) is 20.3. The molecule has 6 N–H and O–H groups in total. The smallest absolute Gasteiger partial charge is 0.498 e. The zero-order valence-corrected chi connectivity index (χ0v) is 65.6. The predicted octanol–water partition coefficient (Wildman–Crippen LogP) is 17.4. The van der Waals surface area contributed by atoms with Crippen LogP contribution in [0.4, 0.5) is 35.1 Å². The highest BCUT2D eigenvalue weighted by atomic mass is 79.9. The lowest BCUT2D eigenvalue weighted by atomic mass is 9.78. The summed E-state index contributed by atoms with van der Waals surface area (Å²) >= 11 is 8.99. The molecular formula is C66H82BBr3ClF8N4O13S4-. The van der Waals surface area contributed by atoms with Crippen LogP contribution in [-0.2, 0) is 48.4 Å². The molecule has 0 spiro atoms. The Balaban J connectivity index is 0.000000648. The van der Waals surface area contributed by atoms with Gasteiger partial charge in [0.05, 0.1) is 44.2 Å². The van der Waals surface area contributed by atoms with E-state index in [9.17, 15) is 68.8 Å². The normalized spacial score (nSPS) is 13.6. The van der Waals surface area contributed by atoms with E-state index in [4.69, 9.17) is 40.3 Å². The summed E-state index contributed by atoms with van der Waals surface area (Å²) in [7, 11) is -10.9. The van der Waals surface area contributed by atoms with E-state index in [1.165, 1.54) is 48.5 Å². The van der Waals surface area contributed by atoms with Gasteiger partial charge in [-0.3, -0.25) is 0 Å². The molecule has 0 amide bonds. The molecule has 0 bridgehead atoms. The monoisotopic (exact) mass is 1700 g/mol. The van der Waals surface area contributed by atoms with Crippen molar-refractivity contribution in [3.8, 4) is 28.7 Å². The van der Waals surface area contributed by atoms with Crippen LogP contribution in [0.2, 0.25) is 0 Å². The van der Waals surface area contributed by atoms with Crippen molar-refractivity contribution in [3.05, 3.63) is 195 Å². The van der Waals surface area contributed by atoms with Gasteiger partial charge in [0.1, 0.15) is 40.6 Å². The molecule has 34 heteroatoms. The molecule has 556 valence electrons. The lowest BCUT2D eigenvalue weighted by Crippen LogP contribution is -2.41. The SMILES string of the molecule is C.CC(C)(C)N.CC(C)(C)NS(=O)(=O)c1ccc(F)c(Br)c1.CC(C)(C)NS(=O)(=O)c1ccc(Oc2ccc(F)cc2F)c(B2OC(C)(C)C(C)(C)O2)c1.CC(C)(C)NS(=O)(=O)c1ccc(Oc2ccc(F)cc2F)c(Br)c1.O=S(=O)(Cl)c1ccc(F)c(Br)c1.Oc1ccc(F)cc1F.[CH3-]. The van der Waals surface area contributed by atoms with E-state index in [0.29, 0.717) is 22.7 Å². The summed E-state index contributed by atoms with van der Waals surface area (Å²) in [5.74, 6) is -6.43. The Hall–Kier alpha value is -5.27. The minimum atomic E-state index is -3.87. The van der Waals surface area contributed by atoms with Crippen molar-refractivity contribution in [2.24, 2.45) is 5.73 Å². The van der Waals surface area contributed by atoms with Crippen molar-refractivity contribution in [1.82, 2.24) is 14.2 Å². The highest BCUT2D eigenvalue weighted by molar-refractivity contribution is 9.11. The summed E-state index contributed by atoms with van der Waals surface area (Å²) in [6.45, 7) is 28.9. The number of hydrogen-bond donors (Lipinski definition) is 5. The summed E-state index contributed by atoms with van der Waals surface area (Å²) in [6, 6.07) is 23.5. The molecule has 0 aromatic heterocycles. The van der Waals surface area contributed by atoms with E-state index in [1.807, 2.05) is 48.5 Å². The Morgan fingerprint density at radius 1 is 0.440 bits per heavy atom. The molecule has 0 unspecified atom stereocenters. The Morgan fingerprint density at radius 3 is 1.05 bits per heavy atom. The molecular weight excluding hydrogens is 1620 g/mol. The van der Waals surface area contributed by atoms with Gasteiger partial charge in [-0.25, -0.2) is 83.0 Å². The Kier molecular flexibility index (Phi) is 33.8. The second kappa shape index (κ2) is 36.4. The molecule has 7 aromatic rings. The molecule has 0 saturated carbocycles. The lowest BCUT2D eigenvalue weighted by molar-refractivity contribution is 0.00578. The summed E-state index contributed by atoms with van der Waals surface area (Å²) in [4.78, 5) is -0.0755. The van der Waals surface area contributed by atoms with Crippen LogP contribution in [0.15, 0.2) is 160 Å². The van der Waals surface area contributed by atoms with Gasteiger partial charge in [0.15, 0.2) is 34.7 Å². The van der Waals surface area contributed by atoms with Crippen molar-refractivity contribution >= 4 is 110 Å². The van der Waals surface area contributed by atoms with Crippen LogP contribution < -0.4 is 34.8 Å². The zero-order chi connectivity index (χ0) is 75.5. The maximum Gasteiger partial charge on any atom is 0.498 e. The number of phenols is 1. The molecule has 0 atom stereocenters. The number of rotatable bonds is 12. The number of benzene rings is 7. The third-order valence-electron chi connectivity index (χ3n) is 11.8. The quantitative estimate of drug-likeness (QED) is 0.0330. The van der Waals surface area contributed by atoms with Gasteiger partial charge in [0.25, 0.3) is 9.05 Å². The highest BCUT2D eigenvalue weighted by Gasteiger charge is 2.53. The van der Waals surface area contributed by atoms with Crippen LogP contribution in [-0.4, -0.2) is 79.3 Å². The van der Waals surface area contributed by atoms with E-state index in [-0.39, 0.29) is 77.4 Å². The van der Waals surface area contributed by atoms with Crippen LogP contribution in [0.3, 0.4) is 0 Å². The summed E-state index contributed by atoms with van der Waals surface area (Å²) in [6.07, 6.45) is 0. The van der Waals surface area contributed by atoms with E-state index in [0.717, 1.165) is 60.7 Å². The third kappa shape index (κ3) is 31.0. The largest absolute Gasteiger partial charge is 0.505 e. The number of phenolic OH excluding ortho intramolecular Hbond substituents is 1. The van der Waals surface area contributed by atoms with E-state index in [1.54, 1.807) is 62.3 Å². The van der Waals surface area contributed by atoms with E-state index < -0.39 is 126 Å². The molecule has 7 aromatic carbocycles. The fourth-order valence-corrected chi connectivity index (χ4v) is 14.0. The van der Waals surface area contributed by atoms with Gasteiger partial charge >= 0.3 is 7.12 Å². The lowest BCUT2D eigenvalue weighted by Gasteiger charge is -2.32. The van der Waals surface area contributed by atoms with Crippen LogP contribution in [0, 0.1) is 54.0 Å². The molecule has 1 heterocycles. The summed E-state index contributed by atoms with van der Waals surface area (Å²) < 4.78 is 231. The maximum atomic E-state index is 14.2. The van der Waals surface area contributed by atoms with Gasteiger partial charge in [-0.1, -0.05) is 7.43 Å². The van der Waals surface area contributed by atoms with Crippen molar-refractivity contribution < 1.29 is 92.7 Å². The molecule has 1 saturated heterocycles. The van der Waals surface area contributed by atoms with Crippen molar-refractivity contribution in [3.63, 3.8) is 0 Å². The molecule has 8 rings (SSSR count). The first-order valence-corrected chi connectivity index (χ1v) is 37.8. The zero-order valence-electron chi connectivity index (χ0n) is 56.8. The first kappa shape index (κ1) is 92.7. The minimum absolute atomic E-state index is 0.